The van der Waals surface area contributed by atoms with Gasteiger partial charge in [-0.3, -0.25) is 5.10 Å². The smallest absolute Gasteiger partial charge is 0.208 e. The standard InChI is InChI=1S/C23H33N9OS/c1-33-17-8-18(19-11-27-28-21(19)9-17)20(24)13-32(25)14-22-29-30-23(34-22)31-7-3-6-16(12-31)26-10-15-4-2-5-15/h8-9,11,13,15-16,26H,2-7,10,12,14,24-25H2,1H3,(H,27,28)/b20-13-. The number of hydrogen-bond donors (Lipinski definition) is 4. The number of anilines is 1. The van der Waals surface area contributed by atoms with Crippen LogP contribution in [-0.2, 0) is 6.54 Å². The molecule has 6 N–H and O–H groups in total. The van der Waals surface area contributed by atoms with Gasteiger partial charge in [0.1, 0.15) is 10.8 Å². The van der Waals surface area contributed by atoms with Crippen LogP contribution in [0.3, 0.4) is 0 Å². The summed E-state index contributed by atoms with van der Waals surface area (Å²) in [6, 6.07) is 4.29. The first kappa shape index (κ1) is 22.9. The summed E-state index contributed by atoms with van der Waals surface area (Å²) < 4.78 is 5.39. The van der Waals surface area contributed by atoms with Crippen molar-refractivity contribution in [2.45, 2.75) is 44.7 Å². The van der Waals surface area contributed by atoms with Crippen molar-refractivity contribution in [3.05, 3.63) is 35.1 Å². The predicted molar refractivity (Wildman–Crippen MR) is 135 cm³/mol. The second-order valence-corrected chi connectivity index (χ2v) is 10.3. The van der Waals surface area contributed by atoms with Gasteiger partial charge < -0.3 is 25.7 Å². The fourth-order valence-corrected chi connectivity index (χ4v) is 5.50. The number of methoxy groups -OCH3 is 1. The largest absolute Gasteiger partial charge is 0.497 e. The van der Waals surface area contributed by atoms with Crippen LogP contribution in [0.25, 0.3) is 16.6 Å². The predicted octanol–water partition coefficient (Wildman–Crippen LogP) is 2.41. The Labute approximate surface area is 203 Å². The minimum absolute atomic E-state index is 0.425. The maximum Gasteiger partial charge on any atom is 0.208 e. The highest BCUT2D eigenvalue weighted by Gasteiger charge is 2.24. The molecule has 1 aromatic carbocycles. The van der Waals surface area contributed by atoms with Gasteiger partial charge in [0.15, 0.2) is 0 Å². The number of nitrogens with one attached hydrogen (secondary N) is 2. The van der Waals surface area contributed by atoms with Crippen LogP contribution < -0.4 is 26.5 Å². The molecule has 3 heterocycles. The Hall–Kier alpha value is -2.89. The Balaban J connectivity index is 1.21. The van der Waals surface area contributed by atoms with Crippen molar-refractivity contribution in [1.29, 1.82) is 0 Å². The molecule has 2 aromatic heterocycles. The van der Waals surface area contributed by atoms with Gasteiger partial charge in [-0.15, -0.1) is 10.2 Å². The zero-order valence-corrected chi connectivity index (χ0v) is 20.4. The maximum atomic E-state index is 6.39. The van der Waals surface area contributed by atoms with E-state index in [-0.39, 0.29) is 0 Å². The number of aromatic nitrogens is 4. The van der Waals surface area contributed by atoms with Crippen LogP contribution in [-0.4, -0.2) is 58.2 Å². The Morgan fingerprint density at radius 2 is 2.21 bits per heavy atom. The van der Waals surface area contributed by atoms with Crippen LogP contribution in [0.15, 0.2) is 24.5 Å². The lowest BCUT2D eigenvalue weighted by Gasteiger charge is -2.35. The molecular weight excluding hydrogens is 450 g/mol. The Morgan fingerprint density at radius 3 is 3.00 bits per heavy atom. The summed E-state index contributed by atoms with van der Waals surface area (Å²) in [7, 11) is 1.62. The first-order valence-corrected chi connectivity index (χ1v) is 12.7. The number of hydrazine groups is 1. The average molecular weight is 484 g/mol. The summed E-state index contributed by atoms with van der Waals surface area (Å²) in [6.07, 6.45) is 10.00. The first-order valence-electron chi connectivity index (χ1n) is 11.9. The maximum absolute atomic E-state index is 6.39. The molecular formula is C23H33N9OS. The molecule has 1 unspecified atom stereocenters. The summed E-state index contributed by atoms with van der Waals surface area (Å²) >= 11 is 1.59. The highest BCUT2D eigenvalue weighted by molar-refractivity contribution is 7.15. The fourth-order valence-electron chi connectivity index (χ4n) is 4.62. The van der Waals surface area contributed by atoms with Crippen LogP contribution >= 0.6 is 11.3 Å². The molecule has 11 heteroatoms. The van der Waals surface area contributed by atoms with E-state index in [4.69, 9.17) is 16.3 Å². The number of benzene rings is 1. The summed E-state index contributed by atoms with van der Waals surface area (Å²) in [6.45, 7) is 3.57. The van der Waals surface area contributed by atoms with Crippen molar-refractivity contribution in [3.63, 3.8) is 0 Å². The van der Waals surface area contributed by atoms with Crippen LogP contribution in [0.5, 0.6) is 5.75 Å². The number of H-pyrrole nitrogens is 1. The van der Waals surface area contributed by atoms with Gasteiger partial charge in [0.05, 0.1) is 31.1 Å². The third-order valence-corrected chi connectivity index (χ3v) is 7.74. The van der Waals surface area contributed by atoms with Crippen molar-refractivity contribution in [2.75, 3.05) is 31.6 Å². The molecule has 0 bridgehead atoms. The fraction of sp³-hybridized carbons (Fsp3) is 0.522. The number of nitrogens with zero attached hydrogens (tertiary/aromatic N) is 5. The van der Waals surface area contributed by atoms with E-state index in [0.717, 1.165) is 52.2 Å². The molecule has 10 nitrogen and oxygen atoms in total. The van der Waals surface area contributed by atoms with Crippen molar-refractivity contribution in [2.24, 2.45) is 17.5 Å². The van der Waals surface area contributed by atoms with E-state index in [9.17, 15) is 0 Å². The number of rotatable bonds is 9. The highest BCUT2D eigenvalue weighted by atomic mass is 32.1. The van der Waals surface area contributed by atoms with E-state index < -0.39 is 0 Å². The van der Waals surface area contributed by atoms with Crippen LogP contribution in [0.1, 0.15) is 42.7 Å². The number of piperidine rings is 1. The number of hydrogen-bond acceptors (Lipinski definition) is 10. The number of fused-ring (bicyclic) bond motifs is 1. The molecule has 2 fully saturated rings. The third kappa shape index (κ3) is 5.11. The minimum Gasteiger partial charge on any atom is -0.497 e. The van der Waals surface area contributed by atoms with Crippen molar-refractivity contribution >= 4 is 33.1 Å². The van der Waals surface area contributed by atoms with E-state index in [1.54, 1.807) is 35.9 Å². The lowest BCUT2D eigenvalue weighted by molar-refractivity contribution is 0.280. The monoisotopic (exact) mass is 483 g/mol. The topological polar surface area (TPSA) is 134 Å². The zero-order chi connectivity index (χ0) is 23.5. The van der Waals surface area contributed by atoms with Gasteiger partial charge in [-0.05, 0) is 44.2 Å². The number of nitrogens with two attached hydrogens (primary N) is 2. The average Bonchev–Trinajstić information content (AvgIpc) is 3.47. The molecule has 1 saturated carbocycles. The van der Waals surface area contributed by atoms with Crippen LogP contribution in [0, 0.1) is 5.92 Å². The van der Waals surface area contributed by atoms with Crippen LogP contribution in [0.2, 0.25) is 0 Å². The molecule has 2 aliphatic rings. The SMILES string of the molecule is COc1cc(/C(N)=C/N(N)Cc2nnc(N3CCCC(NCC4CCC4)C3)s2)c2cn[nH]c2c1. The van der Waals surface area contributed by atoms with E-state index in [1.807, 2.05) is 12.1 Å². The van der Waals surface area contributed by atoms with Gasteiger partial charge in [-0.1, -0.05) is 17.8 Å². The van der Waals surface area contributed by atoms with Gasteiger partial charge in [0.2, 0.25) is 5.13 Å². The van der Waals surface area contributed by atoms with Gasteiger partial charge >= 0.3 is 0 Å². The number of aromatic amines is 1. The molecule has 0 radical (unpaired) electrons. The molecule has 1 saturated heterocycles. The van der Waals surface area contributed by atoms with Crippen molar-refractivity contribution in [1.82, 2.24) is 30.7 Å². The van der Waals surface area contributed by atoms with E-state index in [0.29, 0.717) is 24.0 Å². The van der Waals surface area contributed by atoms with Crippen molar-refractivity contribution < 1.29 is 4.74 Å². The van der Waals surface area contributed by atoms with Crippen LogP contribution in [0.4, 0.5) is 5.13 Å². The minimum atomic E-state index is 0.425. The first-order chi connectivity index (χ1) is 16.6. The molecule has 1 aliphatic carbocycles. The summed E-state index contributed by atoms with van der Waals surface area (Å²) in [5.74, 6) is 7.84. The van der Waals surface area contributed by atoms with Crippen molar-refractivity contribution in [3.8, 4) is 5.75 Å². The molecule has 182 valence electrons. The van der Waals surface area contributed by atoms with E-state index in [1.165, 1.54) is 32.1 Å². The lowest BCUT2D eigenvalue weighted by Crippen LogP contribution is -2.47. The van der Waals surface area contributed by atoms with Gasteiger partial charge in [-0.2, -0.15) is 5.10 Å². The van der Waals surface area contributed by atoms with E-state index in [2.05, 4.69) is 30.6 Å². The summed E-state index contributed by atoms with van der Waals surface area (Å²) in [5, 5.41) is 23.9. The quantitative estimate of drug-likeness (QED) is 0.267. The Kier molecular flexibility index (Phi) is 6.84. The molecule has 3 aromatic rings. The highest BCUT2D eigenvalue weighted by Crippen LogP contribution is 2.29. The summed E-state index contributed by atoms with van der Waals surface area (Å²) in [4.78, 5) is 2.35. The third-order valence-electron chi connectivity index (χ3n) is 6.77. The normalized spacial score (nSPS) is 19.4. The molecule has 0 spiro atoms. The molecule has 0 amide bonds. The zero-order valence-electron chi connectivity index (χ0n) is 19.5. The van der Waals surface area contributed by atoms with E-state index >= 15 is 0 Å². The molecule has 1 atom stereocenters. The Morgan fingerprint density at radius 1 is 1.32 bits per heavy atom. The second kappa shape index (κ2) is 10.2. The number of ether oxygens (including phenoxy) is 1. The summed E-state index contributed by atoms with van der Waals surface area (Å²) in [5.41, 5.74) is 8.58. The van der Waals surface area contributed by atoms with Gasteiger partial charge in [-0.25, -0.2) is 5.84 Å². The second-order valence-electron chi connectivity index (χ2n) is 9.23. The molecule has 5 rings (SSSR count). The van der Waals surface area contributed by atoms with Gasteiger partial charge in [0, 0.05) is 42.3 Å². The Bertz CT molecular complexity index is 1140. The van der Waals surface area contributed by atoms with Gasteiger partial charge in [0.25, 0.3) is 0 Å². The molecule has 1 aliphatic heterocycles. The molecule has 34 heavy (non-hydrogen) atoms. The lowest BCUT2D eigenvalue weighted by atomic mass is 9.85.